The Labute approximate surface area is 96.3 Å². The van der Waals surface area contributed by atoms with E-state index in [4.69, 9.17) is 0 Å². The molecule has 3 heteroatoms. The van der Waals surface area contributed by atoms with Crippen LogP contribution in [0.4, 0.5) is 10.2 Å². The zero-order valence-corrected chi connectivity index (χ0v) is 10.3. The van der Waals surface area contributed by atoms with Gasteiger partial charge in [0.2, 0.25) is 5.95 Å². The van der Waals surface area contributed by atoms with Crippen molar-refractivity contribution in [3.63, 3.8) is 0 Å². The summed E-state index contributed by atoms with van der Waals surface area (Å²) in [5.41, 5.74) is 0.709. The lowest BCUT2D eigenvalue weighted by molar-refractivity contribution is 0.457. The average molecular weight is 222 g/mol. The summed E-state index contributed by atoms with van der Waals surface area (Å²) in [4.78, 5) is 3.79. The highest BCUT2D eigenvalue weighted by Crippen LogP contribution is 2.68. The van der Waals surface area contributed by atoms with Crippen molar-refractivity contribution in [2.75, 3.05) is 11.9 Å². The van der Waals surface area contributed by atoms with E-state index in [1.807, 2.05) is 0 Å². The molecule has 2 nitrogen and oxygen atoms in total. The van der Waals surface area contributed by atoms with Crippen molar-refractivity contribution in [1.82, 2.24) is 4.98 Å². The van der Waals surface area contributed by atoms with Crippen LogP contribution in [0.5, 0.6) is 0 Å². The number of hydrogen-bond donors (Lipinski definition) is 1. The van der Waals surface area contributed by atoms with Gasteiger partial charge in [0.25, 0.3) is 0 Å². The third-order valence-electron chi connectivity index (χ3n) is 4.52. The van der Waals surface area contributed by atoms with Gasteiger partial charge in [0.05, 0.1) is 0 Å². The van der Waals surface area contributed by atoms with E-state index in [0.717, 1.165) is 6.54 Å². The average Bonchev–Trinajstić information content (AvgIpc) is 2.55. The highest BCUT2D eigenvalue weighted by molar-refractivity contribution is 5.34. The summed E-state index contributed by atoms with van der Waals surface area (Å²) in [5.74, 6) is 0.808. The molecule has 1 saturated carbocycles. The Morgan fingerprint density at radius 1 is 1.25 bits per heavy atom. The van der Waals surface area contributed by atoms with Crippen LogP contribution in [-0.2, 0) is 0 Å². The second-order valence-electron chi connectivity index (χ2n) is 5.72. The van der Waals surface area contributed by atoms with E-state index in [9.17, 15) is 4.39 Å². The molecule has 1 fully saturated rings. The van der Waals surface area contributed by atoms with Crippen molar-refractivity contribution in [2.24, 2.45) is 16.7 Å². The summed E-state index contributed by atoms with van der Waals surface area (Å²) < 4.78 is 12.9. The monoisotopic (exact) mass is 222 g/mol. The Balaban J connectivity index is 1.95. The third kappa shape index (κ3) is 1.68. The zero-order valence-electron chi connectivity index (χ0n) is 10.3. The molecule has 0 saturated heterocycles. The van der Waals surface area contributed by atoms with E-state index in [1.54, 1.807) is 12.1 Å². The quantitative estimate of drug-likeness (QED) is 0.794. The van der Waals surface area contributed by atoms with Crippen LogP contribution in [0.2, 0.25) is 0 Å². The van der Waals surface area contributed by atoms with Crippen LogP contribution in [0.15, 0.2) is 18.2 Å². The summed E-state index contributed by atoms with van der Waals surface area (Å²) in [5, 5.41) is 3.21. The Hall–Kier alpha value is -1.12. The topological polar surface area (TPSA) is 24.9 Å². The molecule has 0 radical (unpaired) electrons. The molecule has 1 aliphatic rings. The predicted octanol–water partition coefficient (Wildman–Crippen LogP) is 3.31. The van der Waals surface area contributed by atoms with Gasteiger partial charge >= 0.3 is 0 Å². The molecule has 88 valence electrons. The molecular formula is C13H19FN2. The van der Waals surface area contributed by atoms with E-state index in [0.29, 0.717) is 22.6 Å². The SMILES string of the molecule is CC1(C)C(CNc2cccc(F)n2)C1(C)C. The van der Waals surface area contributed by atoms with Gasteiger partial charge in [-0.05, 0) is 28.9 Å². The fourth-order valence-corrected chi connectivity index (χ4v) is 2.56. The Bertz CT molecular complexity index is 385. The molecule has 1 heterocycles. The number of hydrogen-bond acceptors (Lipinski definition) is 2. The minimum atomic E-state index is -0.431. The van der Waals surface area contributed by atoms with Crippen molar-refractivity contribution in [3.8, 4) is 0 Å². The van der Waals surface area contributed by atoms with Gasteiger partial charge in [-0.2, -0.15) is 4.39 Å². The van der Waals surface area contributed by atoms with Crippen LogP contribution < -0.4 is 5.32 Å². The normalized spacial score (nSPS) is 21.8. The van der Waals surface area contributed by atoms with Gasteiger partial charge in [0.15, 0.2) is 0 Å². The summed E-state index contributed by atoms with van der Waals surface area (Å²) in [6.45, 7) is 9.96. The smallest absolute Gasteiger partial charge is 0.214 e. The van der Waals surface area contributed by atoms with Crippen LogP contribution in [-0.4, -0.2) is 11.5 Å². The number of anilines is 1. The fourth-order valence-electron chi connectivity index (χ4n) is 2.56. The highest BCUT2D eigenvalue weighted by Gasteiger charge is 2.64. The largest absolute Gasteiger partial charge is 0.370 e. The summed E-state index contributed by atoms with van der Waals surface area (Å²) >= 11 is 0. The molecule has 16 heavy (non-hydrogen) atoms. The van der Waals surface area contributed by atoms with Gasteiger partial charge in [-0.15, -0.1) is 0 Å². The van der Waals surface area contributed by atoms with Gasteiger partial charge in [-0.25, -0.2) is 4.98 Å². The lowest BCUT2D eigenvalue weighted by Crippen LogP contribution is -2.09. The van der Waals surface area contributed by atoms with Crippen molar-refractivity contribution in [1.29, 1.82) is 0 Å². The molecular weight excluding hydrogens is 203 g/mol. The number of pyridine rings is 1. The molecule has 0 aliphatic heterocycles. The van der Waals surface area contributed by atoms with Crippen molar-refractivity contribution in [2.45, 2.75) is 27.7 Å². The Morgan fingerprint density at radius 2 is 1.88 bits per heavy atom. The van der Waals surface area contributed by atoms with Crippen LogP contribution in [0.1, 0.15) is 27.7 Å². The van der Waals surface area contributed by atoms with E-state index in [1.165, 1.54) is 6.07 Å². The maximum atomic E-state index is 12.9. The van der Waals surface area contributed by atoms with Crippen LogP contribution in [0, 0.1) is 22.7 Å². The maximum Gasteiger partial charge on any atom is 0.214 e. The van der Waals surface area contributed by atoms with Gasteiger partial charge in [0, 0.05) is 6.54 Å². The number of rotatable bonds is 3. The second-order valence-corrected chi connectivity index (χ2v) is 5.72. The fraction of sp³-hybridized carbons (Fsp3) is 0.615. The minimum Gasteiger partial charge on any atom is -0.370 e. The Morgan fingerprint density at radius 3 is 2.38 bits per heavy atom. The lowest BCUT2D eigenvalue weighted by Gasteiger charge is -2.06. The number of aromatic nitrogens is 1. The maximum absolute atomic E-state index is 12.9. The summed E-state index contributed by atoms with van der Waals surface area (Å²) in [6, 6.07) is 4.83. The van der Waals surface area contributed by atoms with Crippen molar-refractivity contribution >= 4 is 5.82 Å². The summed E-state index contributed by atoms with van der Waals surface area (Å²) in [6.07, 6.45) is 0. The zero-order chi connectivity index (χ0) is 12.0. The molecule has 1 aromatic rings. The predicted molar refractivity (Wildman–Crippen MR) is 63.7 cm³/mol. The first-order valence-corrected chi connectivity index (χ1v) is 5.72. The minimum absolute atomic E-state index is 0.354. The summed E-state index contributed by atoms with van der Waals surface area (Å²) in [7, 11) is 0. The molecule has 0 spiro atoms. The van der Waals surface area contributed by atoms with E-state index >= 15 is 0 Å². The van der Waals surface area contributed by atoms with E-state index in [2.05, 4.69) is 38.0 Å². The van der Waals surface area contributed by atoms with Gasteiger partial charge in [0.1, 0.15) is 5.82 Å². The number of nitrogens with one attached hydrogen (secondary N) is 1. The van der Waals surface area contributed by atoms with Gasteiger partial charge < -0.3 is 5.32 Å². The molecule has 0 unspecified atom stereocenters. The third-order valence-corrected chi connectivity index (χ3v) is 4.52. The van der Waals surface area contributed by atoms with Crippen LogP contribution in [0.3, 0.4) is 0 Å². The lowest BCUT2D eigenvalue weighted by atomic mass is 10.0. The molecule has 1 aromatic heterocycles. The van der Waals surface area contributed by atoms with Gasteiger partial charge in [-0.3, -0.25) is 0 Å². The first kappa shape index (κ1) is 11.4. The molecule has 2 rings (SSSR count). The molecule has 1 aliphatic carbocycles. The first-order valence-electron chi connectivity index (χ1n) is 5.72. The number of nitrogens with zero attached hydrogens (tertiary/aromatic N) is 1. The molecule has 0 aromatic carbocycles. The molecule has 0 atom stereocenters. The highest BCUT2D eigenvalue weighted by atomic mass is 19.1. The van der Waals surface area contributed by atoms with Crippen LogP contribution in [0.25, 0.3) is 0 Å². The number of halogens is 1. The molecule has 0 amide bonds. The van der Waals surface area contributed by atoms with E-state index < -0.39 is 5.95 Å². The van der Waals surface area contributed by atoms with Gasteiger partial charge in [-0.1, -0.05) is 33.8 Å². The van der Waals surface area contributed by atoms with Crippen molar-refractivity contribution in [3.05, 3.63) is 24.1 Å². The first-order chi connectivity index (χ1) is 7.35. The van der Waals surface area contributed by atoms with Crippen LogP contribution >= 0.6 is 0 Å². The standard InChI is InChI=1S/C13H19FN2/c1-12(2)9(13(12,3)4)8-15-11-7-5-6-10(14)16-11/h5-7,9H,8H2,1-4H3,(H,15,16). The Kier molecular flexibility index (Phi) is 2.44. The molecule has 0 bridgehead atoms. The molecule has 1 N–H and O–H groups in total. The second kappa shape index (κ2) is 3.44. The van der Waals surface area contributed by atoms with Crippen molar-refractivity contribution < 1.29 is 4.39 Å². The van der Waals surface area contributed by atoms with E-state index in [-0.39, 0.29) is 0 Å².